The molecule has 0 bridgehead atoms. The van der Waals surface area contributed by atoms with E-state index in [9.17, 15) is 10.1 Å². The summed E-state index contributed by atoms with van der Waals surface area (Å²) in [7, 11) is 0. The van der Waals surface area contributed by atoms with Gasteiger partial charge in [-0.25, -0.2) is 0 Å². The SMILES string of the molecule is CC(C)[C@@](C)(C#N)NC(=O)[C@H](C)N1CCC(CO)CC1. The van der Waals surface area contributed by atoms with Crippen molar-refractivity contribution in [2.45, 2.75) is 52.1 Å². The van der Waals surface area contributed by atoms with E-state index in [-0.39, 0.29) is 24.5 Å². The molecule has 2 atom stereocenters. The molecule has 0 spiro atoms. The van der Waals surface area contributed by atoms with Crippen LogP contribution in [0.25, 0.3) is 0 Å². The highest BCUT2D eigenvalue weighted by Gasteiger charge is 2.34. The van der Waals surface area contributed by atoms with Gasteiger partial charge in [-0.15, -0.1) is 0 Å². The number of piperidine rings is 1. The van der Waals surface area contributed by atoms with Crippen LogP contribution in [-0.4, -0.2) is 47.2 Å². The highest BCUT2D eigenvalue weighted by atomic mass is 16.3. The zero-order chi connectivity index (χ0) is 15.3. The number of hydrogen-bond donors (Lipinski definition) is 2. The molecule has 0 aromatic rings. The van der Waals surface area contributed by atoms with E-state index in [1.54, 1.807) is 6.92 Å². The van der Waals surface area contributed by atoms with Crippen molar-refractivity contribution in [3.63, 3.8) is 0 Å². The lowest BCUT2D eigenvalue weighted by molar-refractivity contribution is -0.128. The fraction of sp³-hybridized carbons (Fsp3) is 0.867. The van der Waals surface area contributed by atoms with Gasteiger partial charge in [0.2, 0.25) is 5.91 Å². The largest absolute Gasteiger partial charge is 0.396 e. The first-order valence-electron chi connectivity index (χ1n) is 7.42. The fourth-order valence-electron chi connectivity index (χ4n) is 2.35. The van der Waals surface area contributed by atoms with Crippen molar-refractivity contribution in [3.05, 3.63) is 0 Å². The Morgan fingerprint density at radius 1 is 1.45 bits per heavy atom. The van der Waals surface area contributed by atoms with Gasteiger partial charge >= 0.3 is 0 Å². The Hall–Kier alpha value is -1.12. The van der Waals surface area contributed by atoms with Crippen molar-refractivity contribution in [1.29, 1.82) is 5.26 Å². The first-order valence-corrected chi connectivity index (χ1v) is 7.42. The standard InChI is InChI=1S/C15H27N3O2/c1-11(2)15(4,10-16)17-14(20)12(3)18-7-5-13(9-19)6-8-18/h11-13,19H,5-9H2,1-4H3,(H,17,20)/t12-,15+/m0/s1. The van der Waals surface area contributed by atoms with E-state index in [0.717, 1.165) is 25.9 Å². The van der Waals surface area contributed by atoms with Crippen LogP contribution < -0.4 is 5.32 Å². The molecule has 1 saturated heterocycles. The molecule has 0 aromatic carbocycles. The van der Waals surface area contributed by atoms with E-state index >= 15 is 0 Å². The van der Waals surface area contributed by atoms with Crippen molar-refractivity contribution in [2.75, 3.05) is 19.7 Å². The molecular weight excluding hydrogens is 254 g/mol. The third-order valence-electron chi connectivity index (χ3n) is 4.60. The van der Waals surface area contributed by atoms with Gasteiger partial charge in [0.05, 0.1) is 12.1 Å². The first kappa shape index (κ1) is 16.9. The Morgan fingerprint density at radius 2 is 2.00 bits per heavy atom. The summed E-state index contributed by atoms with van der Waals surface area (Å²) >= 11 is 0. The highest BCUT2D eigenvalue weighted by Crippen LogP contribution is 2.20. The first-order chi connectivity index (χ1) is 9.34. The summed E-state index contributed by atoms with van der Waals surface area (Å²) < 4.78 is 0. The molecule has 1 fully saturated rings. The Kier molecular flexibility index (Phi) is 5.97. The second-order valence-corrected chi connectivity index (χ2v) is 6.30. The number of rotatable bonds is 5. The topological polar surface area (TPSA) is 76.4 Å². The molecule has 114 valence electrons. The lowest BCUT2D eigenvalue weighted by Gasteiger charge is -2.36. The maximum Gasteiger partial charge on any atom is 0.238 e. The molecule has 0 aliphatic carbocycles. The fourth-order valence-corrected chi connectivity index (χ4v) is 2.35. The average molecular weight is 281 g/mol. The maximum atomic E-state index is 12.3. The maximum absolute atomic E-state index is 12.3. The number of nitrogens with zero attached hydrogens (tertiary/aromatic N) is 2. The van der Waals surface area contributed by atoms with Gasteiger partial charge in [-0.05, 0) is 51.6 Å². The van der Waals surface area contributed by atoms with Crippen molar-refractivity contribution in [2.24, 2.45) is 11.8 Å². The summed E-state index contributed by atoms with van der Waals surface area (Å²) in [5, 5.41) is 21.3. The Morgan fingerprint density at radius 3 is 2.40 bits per heavy atom. The van der Waals surface area contributed by atoms with Crippen LogP contribution in [0.5, 0.6) is 0 Å². The monoisotopic (exact) mass is 281 g/mol. The van der Waals surface area contributed by atoms with E-state index in [0.29, 0.717) is 5.92 Å². The van der Waals surface area contributed by atoms with Crippen LogP contribution in [0.15, 0.2) is 0 Å². The van der Waals surface area contributed by atoms with Crippen molar-refractivity contribution in [1.82, 2.24) is 10.2 Å². The third-order valence-corrected chi connectivity index (χ3v) is 4.60. The zero-order valence-electron chi connectivity index (χ0n) is 13.0. The number of carbonyl (C=O) groups is 1. The predicted molar refractivity (Wildman–Crippen MR) is 77.8 cm³/mol. The lowest BCUT2D eigenvalue weighted by atomic mass is 9.89. The number of amides is 1. The van der Waals surface area contributed by atoms with Gasteiger partial charge in [0.1, 0.15) is 5.54 Å². The van der Waals surface area contributed by atoms with Crippen LogP contribution in [0.4, 0.5) is 0 Å². The van der Waals surface area contributed by atoms with Gasteiger partial charge in [-0.3, -0.25) is 9.69 Å². The molecule has 1 heterocycles. The smallest absolute Gasteiger partial charge is 0.238 e. The number of aliphatic hydroxyl groups is 1. The van der Waals surface area contributed by atoms with Crippen LogP contribution in [0.1, 0.15) is 40.5 Å². The molecule has 1 aliphatic rings. The number of nitriles is 1. The zero-order valence-corrected chi connectivity index (χ0v) is 13.0. The number of hydrogen-bond acceptors (Lipinski definition) is 4. The van der Waals surface area contributed by atoms with E-state index in [4.69, 9.17) is 5.11 Å². The molecule has 0 saturated carbocycles. The number of carbonyl (C=O) groups excluding carboxylic acids is 1. The van der Waals surface area contributed by atoms with Crippen LogP contribution in [0.2, 0.25) is 0 Å². The molecule has 0 radical (unpaired) electrons. The van der Waals surface area contributed by atoms with Gasteiger partial charge in [-0.2, -0.15) is 5.26 Å². The number of nitrogens with one attached hydrogen (secondary N) is 1. The summed E-state index contributed by atoms with van der Waals surface area (Å²) in [6, 6.07) is 1.96. The minimum atomic E-state index is -0.825. The predicted octanol–water partition coefficient (Wildman–Crippen LogP) is 1.13. The molecule has 1 amide bonds. The van der Waals surface area contributed by atoms with Crippen LogP contribution in [0, 0.1) is 23.2 Å². The normalized spacial score (nSPS) is 22.1. The number of likely N-dealkylation sites (tertiary alicyclic amines) is 1. The molecule has 0 unspecified atom stereocenters. The summed E-state index contributed by atoms with van der Waals surface area (Å²) in [5.74, 6) is 0.329. The van der Waals surface area contributed by atoms with Crippen LogP contribution >= 0.6 is 0 Å². The summed E-state index contributed by atoms with van der Waals surface area (Å²) in [5.41, 5.74) is -0.825. The van der Waals surface area contributed by atoms with Crippen molar-refractivity contribution in [3.8, 4) is 6.07 Å². The second kappa shape index (κ2) is 7.05. The summed E-state index contributed by atoms with van der Waals surface area (Å²) in [6.45, 7) is 9.39. The van der Waals surface area contributed by atoms with Crippen LogP contribution in [0.3, 0.4) is 0 Å². The van der Waals surface area contributed by atoms with Gasteiger partial charge in [0, 0.05) is 6.61 Å². The molecule has 2 N–H and O–H groups in total. The highest BCUT2D eigenvalue weighted by molar-refractivity contribution is 5.82. The molecular formula is C15H27N3O2. The molecule has 5 heteroatoms. The van der Waals surface area contributed by atoms with Gasteiger partial charge < -0.3 is 10.4 Å². The molecule has 0 aromatic heterocycles. The van der Waals surface area contributed by atoms with Gasteiger partial charge in [-0.1, -0.05) is 13.8 Å². The van der Waals surface area contributed by atoms with Crippen molar-refractivity contribution >= 4 is 5.91 Å². The Balaban J connectivity index is 2.58. The summed E-state index contributed by atoms with van der Waals surface area (Å²) in [6.07, 6.45) is 1.85. The molecule has 20 heavy (non-hydrogen) atoms. The van der Waals surface area contributed by atoms with Crippen LogP contribution in [-0.2, 0) is 4.79 Å². The molecule has 1 rings (SSSR count). The van der Waals surface area contributed by atoms with E-state index in [1.807, 2.05) is 20.8 Å². The molecule has 5 nitrogen and oxygen atoms in total. The van der Waals surface area contributed by atoms with Gasteiger partial charge in [0.25, 0.3) is 0 Å². The van der Waals surface area contributed by atoms with Gasteiger partial charge in [0.15, 0.2) is 0 Å². The molecule has 1 aliphatic heterocycles. The van der Waals surface area contributed by atoms with E-state index in [2.05, 4.69) is 16.3 Å². The van der Waals surface area contributed by atoms with E-state index in [1.165, 1.54) is 0 Å². The Bertz CT molecular complexity index is 370. The third kappa shape index (κ3) is 3.94. The summed E-state index contributed by atoms with van der Waals surface area (Å²) in [4.78, 5) is 14.4. The minimum Gasteiger partial charge on any atom is -0.396 e. The quantitative estimate of drug-likeness (QED) is 0.792. The Labute approximate surface area is 122 Å². The average Bonchev–Trinajstić information content (AvgIpc) is 2.46. The minimum absolute atomic E-state index is 0.0591. The second-order valence-electron chi connectivity index (χ2n) is 6.30. The lowest BCUT2D eigenvalue weighted by Crippen LogP contribution is -2.56. The van der Waals surface area contributed by atoms with E-state index < -0.39 is 5.54 Å². The van der Waals surface area contributed by atoms with Crippen molar-refractivity contribution < 1.29 is 9.90 Å². The number of aliphatic hydroxyl groups excluding tert-OH is 1.